The summed E-state index contributed by atoms with van der Waals surface area (Å²) >= 11 is 3.38. The molecule has 0 saturated heterocycles. The molecule has 0 unspecified atom stereocenters. The summed E-state index contributed by atoms with van der Waals surface area (Å²) < 4.78 is 1.06. The molecule has 0 amide bonds. The highest BCUT2D eigenvalue weighted by atomic mass is 79.9. The smallest absolute Gasteiger partial charge is 0.0971 e. The van der Waals surface area contributed by atoms with Crippen LogP contribution in [0.1, 0.15) is 0 Å². The van der Waals surface area contributed by atoms with E-state index in [-0.39, 0.29) is 0 Å². The predicted octanol–water partition coefficient (Wildman–Crippen LogP) is 2.80. The molecule has 0 spiro atoms. The summed E-state index contributed by atoms with van der Waals surface area (Å²) in [5.74, 6) is 0. The fourth-order valence-electron chi connectivity index (χ4n) is 0.995. The van der Waals surface area contributed by atoms with Crippen molar-refractivity contribution in [2.24, 2.45) is 0 Å². The van der Waals surface area contributed by atoms with Crippen LogP contribution in [0.15, 0.2) is 34.9 Å². The summed E-state index contributed by atoms with van der Waals surface area (Å²) in [6.45, 7) is 0. The molecule has 0 fully saturated rings. The summed E-state index contributed by atoms with van der Waals surface area (Å²) in [4.78, 5) is 3.91. The van der Waals surface area contributed by atoms with Crippen LogP contribution in [-0.2, 0) is 0 Å². The Balaban J connectivity index is 2.83. The summed E-state index contributed by atoms with van der Waals surface area (Å²) in [6.07, 6.45) is 4.66. The molecular formula is C9H5BrN. The Kier molecular flexibility index (Phi) is 1.62. The number of aromatic nitrogens is 1. The van der Waals surface area contributed by atoms with Crippen molar-refractivity contribution in [3.05, 3.63) is 41.1 Å². The molecule has 0 atom stereocenters. The van der Waals surface area contributed by atoms with E-state index in [9.17, 15) is 0 Å². The van der Waals surface area contributed by atoms with Crippen molar-refractivity contribution in [1.82, 2.24) is 4.98 Å². The third kappa shape index (κ3) is 1.26. The van der Waals surface area contributed by atoms with E-state index in [0.717, 1.165) is 9.86 Å². The first-order valence-electron chi connectivity index (χ1n) is 3.28. The van der Waals surface area contributed by atoms with Gasteiger partial charge in [0.15, 0.2) is 0 Å². The van der Waals surface area contributed by atoms with Crippen LogP contribution in [0.25, 0.3) is 10.8 Å². The van der Waals surface area contributed by atoms with Gasteiger partial charge in [-0.05, 0) is 23.6 Å². The quantitative estimate of drug-likeness (QED) is 0.647. The van der Waals surface area contributed by atoms with Crippen LogP contribution in [0, 0.1) is 6.20 Å². The molecule has 2 rings (SSSR count). The summed E-state index contributed by atoms with van der Waals surface area (Å²) in [5, 5.41) is 2.21. The lowest BCUT2D eigenvalue weighted by molar-refractivity contribution is 1.35. The summed E-state index contributed by atoms with van der Waals surface area (Å²) in [5.41, 5.74) is 0. The van der Waals surface area contributed by atoms with Crippen LogP contribution < -0.4 is 0 Å². The van der Waals surface area contributed by atoms with Gasteiger partial charge in [-0.1, -0.05) is 22.0 Å². The van der Waals surface area contributed by atoms with E-state index >= 15 is 0 Å². The third-order valence-electron chi connectivity index (χ3n) is 1.53. The Morgan fingerprint density at radius 1 is 1.27 bits per heavy atom. The lowest BCUT2D eigenvalue weighted by atomic mass is 10.2. The van der Waals surface area contributed by atoms with E-state index in [1.165, 1.54) is 5.39 Å². The number of fused-ring (bicyclic) bond motifs is 1. The van der Waals surface area contributed by atoms with Gasteiger partial charge in [-0.3, -0.25) is 4.98 Å². The molecule has 2 aromatic rings. The van der Waals surface area contributed by atoms with E-state index < -0.39 is 0 Å². The molecule has 11 heavy (non-hydrogen) atoms. The number of halogens is 1. The lowest BCUT2D eigenvalue weighted by Gasteiger charge is -1.94. The largest absolute Gasteiger partial charge is 0.254 e. The van der Waals surface area contributed by atoms with Crippen LogP contribution in [-0.4, -0.2) is 4.98 Å². The van der Waals surface area contributed by atoms with Crippen molar-refractivity contribution in [2.75, 3.05) is 0 Å². The van der Waals surface area contributed by atoms with Gasteiger partial charge in [0.25, 0.3) is 0 Å². The Morgan fingerprint density at radius 2 is 2.18 bits per heavy atom. The normalized spacial score (nSPS) is 10.3. The zero-order chi connectivity index (χ0) is 7.68. The van der Waals surface area contributed by atoms with Crippen molar-refractivity contribution in [3.8, 4) is 0 Å². The molecule has 0 aliphatic rings. The number of benzene rings is 1. The molecule has 0 saturated carbocycles. The number of pyridine rings is 1. The molecule has 2 heteroatoms. The van der Waals surface area contributed by atoms with Crippen LogP contribution in [0.4, 0.5) is 0 Å². The van der Waals surface area contributed by atoms with Crippen LogP contribution in [0.2, 0.25) is 0 Å². The van der Waals surface area contributed by atoms with Crippen molar-refractivity contribution < 1.29 is 0 Å². The molecule has 0 aliphatic carbocycles. The van der Waals surface area contributed by atoms with Gasteiger partial charge >= 0.3 is 0 Å². The van der Waals surface area contributed by atoms with Gasteiger partial charge in [0, 0.05) is 16.1 Å². The Hall–Kier alpha value is -0.890. The van der Waals surface area contributed by atoms with Crippen LogP contribution >= 0.6 is 15.9 Å². The van der Waals surface area contributed by atoms with Gasteiger partial charge in [-0.15, -0.1) is 0 Å². The number of rotatable bonds is 0. The van der Waals surface area contributed by atoms with E-state index in [0.29, 0.717) is 0 Å². The van der Waals surface area contributed by atoms with E-state index in [1.807, 2.05) is 24.3 Å². The SMILES string of the molecule is Brc1ccc2ccn[c]c2c1. The predicted molar refractivity (Wildman–Crippen MR) is 48.3 cm³/mol. The second-order valence-corrected chi connectivity index (χ2v) is 3.20. The monoisotopic (exact) mass is 206 g/mol. The van der Waals surface area contributed by atoms with E-state index in [2.05, 4.69) is 27.1 Å². The molecule has 1 heterocycles. The molecule has 0 bridgehead atoms. The van der Waals surface area contributed by atoms with Gasteiger partial charge < -0.3 is 0 Å². The maximum absolute atomic E-state index is 3.91. The maximum Gasteiger partial charge on any atom is 0.0971 e. The summed E-state index contributed by atoms with van der Waals surface area (Å²) in [7, 11) is 0. The molecule has 1 nitrogen and oxygen atoms in total. The Morgan fingerprint density at radius 3 is 3.09 bits per heavy atom. The van der Waals surface area contributed by atoms with Gasteiger partial charge in [0.2, 0.25) is 0 Å². The minimum absolute atomic E-state index is 1.04. The highest BCUT2D eigenvalue weighted by molar-refractivity contribution is 9.10. The van der Waals surface area contributed by atoms with Gasteiger partial charge in [-0.25, -0.2) is 0 Å². The van der Waals surface area contributed by atoms with Gasteiger partial charge in [-0.2, -0.15) is 0 Å². The molecule has 0 N–H and O–H groups in total. The average Bonchev–Trinajstić information content (AvgIpc) is 2.04. The number of nitrogens with zero attached hydrogens (tertiary/aromatic N) is 1. The van der Waals surface area contributed by atoms with Crippen LogP contribution in [0.3, 0.4) is 0 Å². The van der Waals surface area contributed by atoms with E-state index in [4.69, 9.17) is 0 Å². The Labute approximate surface area is 73.2 Å². The first kappa shape index (κ1) is 6.80. The molecular weight excluding hydrogens is 202 g/mol. The van der Waals surface area contributed by atoms with Gasteiger partial charge in [0.1, 0.15) is 0 Å². The third-order valence-corrected chi connectivity index (χ3v) is 2.02. The number of hydrogen-bond donors (Lipinski definition) is 0. The first-order valence-corrected chi connectivity index (χ1v) is 4.07. The molecule has 1 aromatic carbocycles. The van der Waals surface area contributed by atoms with Crippen molar-refractivity contribution in [1.29, 1.82) is 0 Å². The molecule has 1 aromatic heterocycles. The zero-order valence-corrected chi connectivity index (χ0v) is 7.30. The van der Waals surface area contributed by atoms with E-state index in [1.54, 1.807) is 6.20 Å². The number of hydrogen-bond acceptors (Lipinski definition) is 1. The lowest BCUT2D eigenvalue weighted by Crippen LogP contribution is -1.74. The second-order valence-electron chi connectivity index (χ2n) is 2.29. The fraction of sp³-hybridized carbons (Fsp3) is 0. The maximum atomic E-state index is 3.91. The highest BCUT2D eigenvalue weighted by Crippen LogP contribution is 2.17. The fourth-order valence-corrected chi connectivity index (χ4v) is 1.36. The zero-order valence-electron chi connectivity index (χ0n) is 5.71. The second kappa shape index (κ2) is 2.62. The van der Waals surface area contributed by atoms with Crippen molar-refractivity contribution >= 4 is 26.7 Å². The minimum atomic E-state index is 1.04. The first-order chi connectivity index (χ1) is 5.36. The van der Waals surface area contributed by atoms with Gasteiger partial charge in [0.05, 0.1) is 6.20 Å². The van der Waals surface area contributed by atoms with Crippen molar-refractivity contribution in [2.45, 2.75) is 0 Å². The molecule has 0 aliphatic heterocycles. The average molecular weight is 207 g/mol. The topological polar surface area (TPSA) is 12.9 Å². The van der Waals surface area contributed by atoms with Crippen LogP contribution in [0.5, 0.6) is 0 Å². The summed E-state index contributed by atoms with van der Waals surface area (Å²) in [6, 6.07) is 8.02. The minimum Gasteiger partial charge on any atom is -0.254 e. The molecule has 53 valence electrons. The Bertz CT molecular complexity index is 384. The molecule has 1 radical (unpaired) electrons. The highest BCUT2D eigenvalue weighted by Gasteiger charge is 1.92. The standard InChI is InChI=1S/C9H5BrN/c10-9-2-1-7-3-4-11-6-8(7)5-9/h1-5H. The van der Waals surface area contributed by atoms with Crippen molar-refractivity contribution in [3.63, 3.8) is 0 Å².